The molecule has 0 radical (unpaired) electrons. The van der Waals surface area contributed by atoms with E-state index in [0.29, 0.717) is 0 Å². The standard InChI is InChI=1S/C6H4B2O4.4ClH.4Mg/c9-7(10)5-2-1-3-6(4-5)8(11)12;;;;;;;;/h1-4H;4*1H;;;;/q-4;;;;;4*+2/p-4. The zero-order valence-electron chi connectivity index (χ0n) is 10.4. The minimum absolute atomic E-state index is 0. The summed E-state index contributed by atoms with van der Waals surface area (Å²) in [7, 11) is -4.27. The number of rotatable bonds is 2. The maximum Gasteiger partial charge on any atom is 2.00 e. The molecule has 0 spiro atoms. The predicted octanol–water partition coefficient (Wildman–Crippen LogP) is -19.0. The van der Waals surface area contributed by atoms with Crippen LogP contribution in [0.1, 0.15) is 0 Å². The average Bonchev–Trinajstić information content (AvgIpc) is 2.04. The summed E-state index contributed by atoms with van der Waals surface area (Å²) in [6, 6.07) is 5.03. The van der Waals surface area contributed by atoms with Crippen molar-refractivity contribution < 1.29 is 69.7 Å². The minimum Gasteiger partial charge on any atom is -1.00 e. The third-order valence-corrected chi connectivity index (χ3v) is 1.46. The van der Waals surface area contributed by atoms with Crippen molar-refractivity contribution >= 4 is 117 Å². The summed E-state index contributed by atoms with van der Waals surface area (Å²) in [5, 5.41) is 41.4. The molecule has 0 unspecified atom stereocenters. The van der Waals surface area contributed by atoms with Gasteiger partial charge in [-0.15, -0.1) is 10.9 Å². The average molecular weight is 401 g/mol. The van der Waals surface area contributed by atoms with E-state index in [4.69, 9.17) is 0 Å². The van der Waals surface area contributed by atoms with Crippen LogP contribution in [0.4, 0.5) is 0 Å². The van der Waals surface area contributed by atoms with Gasteiger partial charge >= 0.3 is 92.2 Å². The van der Waals surface area contributed by atoms with E-state index in [2.05, 4.69) is 0 Å². The Balaban J connectivity index is -0.0000000300. The number of hydrogen-bond acceptors (Lipinski definition) is 4. The fourth-order valence-electron chi connectivity index (χ4n) is 0.852. The van der Waals surface area contributed by atoms with Gasteiger partial charge in [-0.25, -0.2) is 0 Å². The van der Waals surface area contributed by atoms with E-state index < -0.39 is 14.2 Å². The van der Waals surface area contributed by atoms with Crippen LogP contribution in [0, 0.1) is 0 Å². The van der Waals surface area contributed by atoms with Gasteiger partial charge < -0.3 is 69.7 Å². The summed E-state index contributed by atoms with van der Waals surface area (Å²) in [5.41, 5.74) is -0.131. The fourth-order valence-corrected chi connectivity index (χ4v) is 0.852. The molecule has 0 heterocycles. The molecule has 1 aromatic rings. The monoisotopic (exact) mass is 398 g/mol. The second-order valence-electron chi connectivity index (χ2n) is 2.33. The first kappa shape index (κ1) is 49.5. The Morgan fingerprint density at radius 1 is 0.600 bits per heavy atom. The Hall–Kier alpha value is 3.41. The number of halogens is 4. The van der Waals surface area contributed by atoms with Crippen molar-refractivity contribution in [1.29, 1.82) is 0 Å². The minimum atomic E-state index is -2.14. The van der Waals surface area contributed by atoms with Gasteiger partial charge in [0.05, 0.1) is 0 Å². The summed E-state index contributed by atoms with van der Waals surface area (Å²) in [4.78, 5) is 0. The second kappa shape index (κ2) is 27.3. The van der Waals surface area contributed by atoms with Crippen molar-refractivity contribution in [3.63, 3.8) is 0 Å². The molecule has 14 heteroatoms. The van der Waals surface area contributed by atoms with Gasteiger partial charge in [-0.2, -0.15) is 0 Å². The summed E-state index contributed by atoms with van der Waals surface area (Å²) in [6.07, 6.45) is 0. The summed E-state index contributed by atoms with van der Waals surface area (Å²) in [5.74, 6) is 0. The maximum atomic E-state index is 10.3. The van der Waals surface area contributed by atoms with E-state index >= 15 is 0 Å². The van der Waals surface area contributed by atoms with Crippen LogP contribution in [-0.4, -0.2) is 106 Å². The van der Waals surface area contributed by atoms with Gasteiger partial charge in [0.25, 0.3) is 0 Å². The van der Waals surface area contributed by atoms with E-state index in [0.717, 1.165) is 6.07 Å². The first-order valence-electron chi connectivity index (χ1n) is 3.34. The van der Waals surface area contributed by atoms with E-state index in [-0.39, 0.29) is 153 Å². The van der Waals surface area contributed by atoms with Gasteiger partial charge in [0.1, 0.15) is 0 Å². The molecule has 0 fully saturated rings. The molecular formula is C6H4B2Cl4Mg4O4. The molecule has 94 valence electrons. The van der Waals surface area contributed by atoms with E-state index in [9.17, 15) is 20.1 Å². The smallest absolute Gasteiger partial charge is 1.00 e. The van der Waals surface area contributed by atoms with Crippen LogP contribution in [0.2, 0.25) is 0 Å². The third kappa shape index (κ3) is 19.5. The van der Waals surface area contributed by atoms with E-state index in [1.54, 1.807) is 0 Å². The normalized spacial score (nSPS) is 5.80. The maximum absolute atomic E-state index is 10.3. The molecule has 0 saturated heterocycles. The molecule has 1 aromatic carbocycles. The van der Waals surface area contributed by atoms with E-state index in [1.165, 1.54) is 18.2 Å². The van der Waals surface area contributed by atoms with Crippen molar-refractivity contribution in [2.24, 2.45) is 0 Å². The van der Waals surface area contributed by atoms with Crippen molar-refractivity contribution in [1.82, 2.24) is 0 Å². The Kier molecular flexibility index (Phi) is 67.5. The number of hydrogen-bond donors (Lipinski definition) is 0. The van der Waals surface area contributed by atoms with Crippen LogP contribution in [0.5, 0.6) is 0 Å². The SMILES string of the molecule is [Cl-].[Cl-].[Cl-].[Cl-].[Mg+2].[Mg+2].[Mg+2].[Mg+2].[O-]B([O-])c1cccc(B([O-])[O-])c1. The van der Waals surface area contributed by atoms with Crippen molar-refractivity contribution in [2.75, 3.05) is 0 Å². The molecule has 1 rings (SSSR count). The predicted molar refractivity (Wildman–Crippen MR) is 60.2 cm³/mol. The topological polar surface area (TPSA) is 92.2 Å². The first-order chi connectivity index (χ1) is 5.61. The third-order valence-electron chi connectivity index (χ3n) is 1.46. The van der Waals surface area contributed by atoms with Crippen LogP contribution >= 0.6 is 0 Å². The van der Waals surface area contributed by atoms with Gasteiger partial charge in [-0.1, -0.05) is 38.5 Å². The summed E-state index contributed by atoms with van der Waals surface area (Å²) in [6.45, 7) is 0. The Labute approximate surface area is 208 Å². The van der Waals surface area contributed by atoms with Crippen LogP contribution < -0.4 is 80.6 Å². The van der Waals surface area contributed by atoms with Crippen LogP contribution in [-0.2, 0) is 0 Å². The molecule has 0 atom stereocenters. The van der Waals surface area contributed by atoms with Gasteiger partial charge in [-0.3, -0.25) is 0 Å². The first-order valence-corrected chi connectivity index (χ1v) is 3.34. The van der Waals surface area contributed by atoms with Crippen molar-refractivity contribution in [3.05, 3.63) is 24.3 Å². The van der Waals surface area contributed by atoms with Gasteiger partial charge in [0, 0.05) is 0 Å². The Morgan fingerprint density at radius 3 is 1.05 bits per heavy atom. The van der Waals surface area contributed by atoms with Crippen LogP contribution in [0.3, 0.4) is 0 Å². The Bertz CT molecular complexity index is 268. The molecule has 0 aliphatic rings. The summed E-state index contributed by atoms with van der Waals surface area (Å²) < 4.78 is 0. The molecule has 4 nitrogen and oxygen atoms in total. The molecule has 0 amide bonds. The number of benzene rings is 1. The fraction of sp³-hybridized carbons (Fsp3) is 0. The largest absolute Gasteiger partial charge is 2.00 e. The zero-order chi connectivity index (χ0) is 9.14. The van der Waals surface area contributed by atoms with Crippen molar-refractivity contribution in [2.45, 2.75) is 0 Å². The van der Waals surface area contributed by atoms with Gasteiger partial charge in [0.15, 0.2) is 0 Å². The molecule has 0 aromatic heterocycles. The molecule has 0 aliphatic carbocycles. The van der Waals surface area contributed by atoms with Gasteiger partial charge in [0.2, 0.25) is 0 Å². The summed E-state index contributed by atoms with van der Waals surface area (Å²) >= 11 is 0. The van der Waals surface area contributed by atoms with Crippen LogP contribution in [0.15, 0.2) is 24.3 Å². The van der Waals surface area contributed by atoms with Crippen LogP contribution in [0.25, 0.3) is 0 Å². The Morgan fingerprint density at radius 2 is 0.850 bits per heavy atom. The molecule has 0 aliphatic heterocycles. The molecule has 0 bridgehead atoms. The zero-order valence-corrected chi connectivity index (χ0v) is 19.1. The molecular weight excluding hydrogens is 397 g/mol. The quantitative estimate of drug-likeness (QED) is 0.461. The van der Waals surface area contributed by atoms with Crippen molar-refractivity contribution in [3.8, 4) is 0 Å². The second-order valence-corrected chi connectivity index (χ2v) is 2.33. The molecule has 20 heavy (non-hydrogen) atoms. The molecule has 0 N–H and O–H groups in total. The van der Waals surface area contributed by atoms with E-state index in [1.807, 2.05) is 0 Å². The molecule has 0 saturated carbocycles. The van der Waals surface area contributed by atoms with Gasteiger partial charge in [-0.05, 0) is 0 Å².